The second-order valence-electron chi connectivity index (χ2n) is 3.96. The van der Waals surface area contributed by atoms with Gasteiger partial charge in [0, 0.05) is 18.8 Å². The Hall–Kier alpha value is -1.95. The third kappa shape index (κ3) is 2.44. The van der Waals surface area contributed by atoms with Crippen molar-refractivity contribution in [1.29, 1.82) is 0 Å². The molecule has 0 aliphatic rings. The van der Waals surface area contributed by atoms with Gasteiger partial charge in [-0.2, -0.15) is 0 Å². The predicted molar refractivity (Wildman–Crippen MR) is 69.9 cm³/mol. The van der Waals surface area contributed by atoms with Gasteiger partial charge in [0.15, 0.2) is 5.78 Å². The molecule has 2 aromatic rings. The predicted octanol–water partition coefficient (Wildman–Crippen LogP) is 2.86. The maximum absolute atomic E-state index is 13.8. The summed E-state index contributed by atoms with van der Waals surface area (Å²) < 4.78 is 15.3. The van der Waals surface area contributed by atoms with E-state index in [0.717, 1.165) is 0 Å². The maximum Gasteiger partial charge on any atom is 0.352 e. The zero-order chi connectivity index (χ0) is 14.2. The molecule has 19 heavy (non-hydrogen) atoms. The number of aryl methyl sites for hydroxylation is 1. The minimum atomic E-state index is -1.14. The lowest BCUT2D eigenvalue weighted by Crippen LogP contribution is -2.03. The standard InChI is InChI=1S/C13H9BrFNO3/c1-16-6-7(5-10(16)13(18)19)12(17)8-3-2-4-9(14)11(8)15/h2-6H,1H3,(H,18,19). The maximum atomic E-state index is 13.8. The van der Waals surface area contributed by atoms with Crippen LogP contribution in [0.1, 0.15) is 26.4 Å². The van der Waals surface area contributed by atoms with Crippen LogP contribution < -0.4 is 0 Å². The SMILES string of the molecule is Cn1cc(C(=O)c2cccc(Br)c2F)cc1C(=O)O. The van der Waals surface area contributed by atoms with Crippen LogP contribution in [0.5, 0.6) is 0 Å². The van der Waals surface area contributed by atoms with Gasteiger partial charge >= 0.3 is 5.97 Å². The Morgan fingerprint density at radius 1 is 1.37 bits per heavy atom. The molecule has 0 unspecified atom stereocenters. The van der Waals surface area contributed by atoms with E-state index >= 15 is 0 Å². The molecule has 0 aliphatic heterocycles. The first-order valence-corrected chi connectivity index (χ1v) is 6.09. The smallest absolute Gasteiger partial charge is 0.352 e. The topological polar surface area (TPSA) is 59.3 Å². The van der Waals surface area contributed by atoms with E-state index in [1.807, 2.05) is 0 Å². The van der Waals surface area contributed by atoms with Crippen LogP contribution in [0, 0.1) is 5.82 Å². The minimum Gasteiger partial charge on any atom is -0.477 e. The molecular formula is C13H9BrFNO3. The lowest BCUT2D eigenvalue weighted by Gasteiger charge is -2.01. The molecule has 1 heterocycles. The molecule has 0 amide bonds. The van der Waals surface area contributed by atoms with Crippen molar-refractivity contribution in [1.82, 2.24) is 4.57 Å². The number of aromatic nitrogens is 1. The molecule has 0 saturated heterocycles. The molecule has 1 N–H and O–H groups in total. The van der Waals surface area contributed by atoms with Gasteiger partial charge in [0.2, 0.25) is 0 Å². The number of aromatic carboxylic acids is 1. The molecule has 0 atom stereocenters. The molecule has 0 radical (unpaired) electrons. The molecule has 4 nitrogen and oxygen atoms in total. The summed E-state index contributed by atoms with van der Waals surface area (Å²) in [7, 11) is 1.51. The fourth-order valence-corrected chi connectivity index (χ4v) is 2.10. The number of carbonyl (C=O) groups excluding carboxylic acids is 1. The molecule has 2 rings (SSSR count). The van der Waals surface area contributed by atoms with E-state index in [0.29, 0.717) is 0 Å². The van der Waals surface area contributed by atoms with Crippen molar-refractivity contribution in [2.75, 3.05) is 0 Å². The van der Waals surface area contributed by atoms with Crippen LogP contribution in [0.4, 0.5) is 4.39 Å². The van der Waals surface area contributed by atoms with Gasteiger partial charge < -0.3 is 9.67 Å². The second-order valence-corrected chi connectivity index (χ2v) is 4.81. The zero-order valence-electron chi connectivity index (χ0n) is 9.85. The number of halogens is 2. The highest BCUT2D eigenvalue weighted by Gasteiger charge is 2.19. The number of ketones is 1. The van der Waals surface area contributed by atoms with Gasteiger partial charge in [0.1, 0.15) is 11.5 Å². The number of hydrogen-bond donors (Lipinski definition) is 1. The van der Waals surface area contributed by atoms with Gasteiger partial charge in [0.25, 0.3) is 0 Å². The lowest BCUT2D eigenvalue weighted by atomic mass is 10.1. The molecule has 0 aliphatic carbocycles. The van der Waals surface area contributed by atoms with Crippen LogP contribution >= 0.6 is 15.9 Å². The number of nitrogens with zero attached hydrogens (tertiary/aromatic N) is 1. The number of rotatable bonds is 3. The number of hydrogen-bond acceptors (Lipinski definition) is 2. The Bertz CT molecular complexity index is 679. The summed E-state index contributed by atoms with van der Waals surface area (Å²) in [5, 5.41) is 8.92. The molecule has 1 aromatic heterocycles. The first-order chi connectivity index (χ1) is 8.91. The Morgan fingerprint density at radius 3 is 2.63 bits per heavy atom. The first-order valence-electron chi connectivity index (χ1n) is 5.30. The molecule has 1 aromatic carbocycles. The van der Waals surface area contributed by atoms with Crippen LogP contribution in [0.15, 0.2) is 34.9 Å². The van der Waals surface area contributed by atoms with Crippen LogP contribution in [-0.4, -0.2) is 21.4 Å². The van der Waals surface area contributed by atoms with Crippen LogP contribution in [0.25, 0.3) is 0 Å². The summed E-state index contributed by atoms with van der Waals surface area (Å²) in [4.78, 5) is 23.0. The summed E-state index contributed by atoms with van der Waals surface area (Å²) in [5.74, 6) is -2.36. The summed E-state index contributed by atoms with van der Waals surface area (Å²) in [6, 6.07) is 5.61. The van der Waals surface area contributed by atoms with Crippen LogP contribution in [0.2, 0.25) is 0 Å². The summed E-state index contributed by atoms with van der Waals surface area (Å²) in [6.07, 6.45) is 1.37. The fraction of sp³-hybridized carbons (Fsp3) is 0.0769. The van der Waals surface area contributed by atoms with Crippen molar-refractivity contribution >= 4 is 27.7 Å². The van der Waals surface area contributed by atoms with E-state index in [1.165, 1.54) is 36.0 Å². The van der Waals surface area contributed by atoms with E-state index in [1.54, 1.807) is 6.07 Å². The lowest BCUT2D eigenvalue weighted by molar-refractivity contribution is 0.0686. The number of carbonyl (C=O) groups is 2. The van der Waals surface area contributed by atoms with E-state index in [2.05, 4.69) is 15.9 Å². The Morgan fingerprint density at radius 2 is 2.05 bits per heavy atom. The van der Waals surface area contributed by atoms with Crippen molar-refractivity contribution < 1.29 is 19.1 Å². The van der Waals surface area contributed by atoms with Gasteiger partial charge in [-0.25, -0.2) is 9.18 Å². The third-order valence-corrected chi connectivity index (χ3v) is 3.29. The Kier molecular flexibility index (Phi) is 3.53. The highest BCUT2D eigenvalue weighted by atomic mass is 79.9. The number of carboxylic acid groups (broad SMARTS) is 1. The minimum absolute atomic E-state index is 0.0289. The van der Waals surface area contributed by atoms with Crippen molar-refractivity contribution in [3.05, 3.63) is 57.6 Å². The van der Waals surface area contributed by atoms with E-state index < -0.39 is 17.6 Å². The monoisotopic (exact) mass is 325 g/mol. The average Bonchev–Trinajstić information content (AvgIpc) is 2.74. The second kappa shape index (κ2) is 4.97. The van der Waals surface area contributed by atoms with Crippen molar-refractivity contribution in [2.45, 2.75) is 0 Å². The Labute approximate surface area is 116 Å². The third-order valence-electron chi connectivity index (χ3n) is 2.68. The van der Waals surface area contributed by atoms with Gasteiger partial charge in [-0.15, -0.1) is 0 Å². The molecule has 0 spiro atoms. The molecule has 0 saturated carbocycles. The van der Waals surface area contributed by atoms with Gasteiger partial charge in [-0.3, -0.25) is 4.79 Å². The van der Waals surface area contributed by atoms with Crippen LogP contribution in [0.3, 0.4) is 0 Å². The van der Waals surface area contributed by atoms with Crippen molar-refractivity contribution in [3.63, 3.8) is 0 Å². The zero-order valence-corrected chi connectivity index (χ0v) is 11.4. The quantitative estimate of drug-likeness (QED) is 0.883. The molecule has 0 fully saturated rings. The van der Waals surface area contributed by atoms with E-state index in [-0.39, 0.29) is 21.3 Å². The van der Waals surface area contributed by atoms with E-state index in [9.17, 15) is 14.0 Å². The summed E-state index contributed by atoms with van der Waals surface area (Å²) in [5.41, 5.74) is 0.00701. The van der Waals surface area contributed by atoms with Crippen molar-refractivity contribution in [3.8, 4) is 0 Å². The van der Waals surface area contributed by atoms with E-state index in [4.69, 9.17) is 5.11 Å². The fourth-order valence-electron chi connectivity index (χ4n) is 1.74. The molecule has 6 heteroatoms. The van der Waals surface area contributed by atoms with Crippen molar-refractivity contribution in [2.24, 2.45) is 7.05 Å². The number of benzene rings is 1. The van der Waals surface area contributed by atoms with Crippen LogP contribution in [-0.2, 0) is 7.05 Å². The summed E-state index contributed by atoms with van der Waals surface area (Å²) >= 11 is 3.00. The van der Waals surface area contributed by atoms with Gasteiger partial charge in [-0.1, -0.05) is 6.07 Å². The number of carboxylic acids is 1. The largest absolute Gasteiger partial charge is 0.477 e. The highest BCUT2D eigenvalue weighted by Crippen LogP contribution is 2.22. The highest BCUT2D eigenvalue weighted by molar-refractivity contribution is 9.10. The Balaban J connectivity index is 2.48. The average molecular weight is 326 g/mol. The first kappa shape index (κ1) is 13.5. The molecular weight excluding hydrogens is 317 g/mol. The van der Waals surface area contributed by atoms with Gasteiger partial charge in [-0.05, 0) is 34.1 Å². The normalized spacial score (nSPS) is 10.5. The van der Waals surface area contributed by atoms with Gasteiger partial charge in [0.05, 0.1) is 10.0 Å². The summed E-state index contributed by atoms with van der Waals surface area (Å²) in [6.45, 7) is 0. The molecule has 0 bridgehead atoms. The molecule has 98 valence electrons.